The maximum atomic E-state index is 13.0. The van der Waals surface area contributed by atoms with E-state index in [1.54, 1.807) is 0 Å². The van der Waals surface area contributed by atoms with E-state index in [0.717, 1.165) is 19.5 Å². The fourth-order valence-corrected chi connectivity index (χ4v) is 3.44. The average Bonchev–Trinajstić information content (AvgIpc) is 2.72. The molecule has 1 fully saturated rings. The number of rotatable bonds is 8. The number of carbonyl (C=O) groups is 1. The Morgan fingerprint density at radius 2 is 1.62 bits per heavy atom. The largest absolute Gasteiger partial charge is 0.366 e. The Morgan fingerprint density at radius 1 is 1.00 bits per heavy atom. The normalized spacial score (nSPS) is 16.4. The summed E-state index contributed by atoms with van der Waals surface area (Å²) in [5.41, 5.74) is 8.23. The molecule has 1 heterocycles. The van der Waals surface area contributed by atoms with Gasteiger partial charge in [-0.3, -0.25) is 9.69 Å². The van der Waals surface area contributed by atoms with Crippen molar-refractivity contribution in [2.75, 3.05) is 39.3 Å². The highest BCUT2D eigenvalue weighted by molar-refractivity contribution is 5.85. The molecule has 3 rings (SSSR count). The molecule has 0 aromatic heterocycles. The second-order valence-electron chi connectivity index (χ2n) is 6.93. The van der Waals surface area contributed by atoms with Crippen LogP contribution in [0, 0.1) is 0 Å². The smallest absolute Gasteiger partial charge is 0.253 e. The number of hydrogen-bond acceptors (Lipinski definition) is 4. The summed E-state index contributed by atoms with van der Waals surface area (Å²) < 4.78 is 5.81. The number of benzene rings is 2. The summed E-state index contributed by atoms with van der Waals surface area (Å²) in [5.74, 6) is 0.0501. The summed E-state index contributed by atoms with van der Waals surface area (Å²) in [5, 5.41) is 0. The van der Waals surface area contributed by atoms with Gasteiger partial charge in [-0.1, -0.05) is 60.7 Å². The number of morpholine rings is 1. The molecule has 2 N–H and O–H groups in total. The van der Waals surface area contributed by atoms with E-state index in [4.69, 9.17) is 10.5 Å². The molecule has 1 unspecified atom stereocenters. The van der Waals surface area contributed by atoms with E-state index in [9.17, 15) is 4.79 Å². The van der Waals surface area contributed by atoms with Crippen LogP contribution in [0.4, 0.5) is 0 Å². The van der Waals surface area contributed by atoms with Gasteiger partial charge in [-0.25, -0.2) is 0 Å². The molecule has 0 radical (unpaired) electrons. The zero-order chi connectivity index (χ0) is 18.9. The zero-order valence-electron chi connectivity index (χ0n) is 16.6. The van der Waals surface area contributed by atoms with Crippen LogP contribution in [0.5, 0.6) is 0 Å². The molecule has 0 spiro atoms. The Balaban J connectivity index is 0.00000210. The molecule has 0 aliphatic carbocycles. The Kier molecular flexibility index (Phi) is 11.9. The predicted octanol–water partition coefficient (Wildman–Crippen LogP) is 2.76. The number of halogens is 2. The second kappa shape index (κ2) is 13.6. The van der Waals surface area contributed by atoms with Crippen molar-refractivity contribution >= 4 is 30.7 Å². The van der Waals surface area contributed by atoms with Crippen LogP contribution in [0.3, 0.4) is 0 Å². The van der Waals surface area contributed by atoms with Gasteiger partial charge in [0.25, 0.3) is 5.91 Å². The highest BCUT2D eigenvalue weighted by Crippen LogP contribution is 2.13. The molecular weight excluding hydrogens is 409 g/mol. The van der Waals surface area contributed by atoms with Gasteiger partial charge >= 0.3 is 0 Å². The molecule has 2 aromatic rings. The Bertz CT molecular complexity index is 704. The van der Waals surface area contributed by atoms with Crippen LogP contribution in [0.25, 0.3) is 0 Å². The molecule has 1 aliphatic heterocycles. The van der Waals surface area contributed by atoms with Gasteiger partial charge in [0, 0.05) is 39.3 Å². The minimum absolute atomic E-state index is 0. The quantitative estimate of drug-likeness (QED) is 0.686. The van der Waals surface area contributed by atoms with Gasteiger partial charge < -0.3 is 15.4 Å². The highest BCUT2D eigenvalue weighted by Gasteiger charge is 2.29. The van der Waals surface area contributed by atoms with E-state index in [1.807, 2.05) is 41.3 Å². The van der Waals surface area contributed by atoms with Crippen LogP contribution in [0.15, 0.2) is 60.7 Å². The van der Waals surface area contributed by atoms with Crippen LogP contribution < -0.4 is 5.73 Å². The predicted molar refractivity (Wildman–Crippen MR) is 122 cm³/mol. The van der Waals surface area contributed by atoms with Crippen molar-refractivity contribution < 1.29 is 9.53 Å². The molecule has 1 amide bonds. The minimum Gasteiger partial charge on any atom is -0.366 e. The molecule has 5 nitrogen and oxygen atoms in total. The number of carbonyl (C=O) groups excluding carboxylic acids is 1. The van der Waals surface area contributed by atoms with Gasteiger partial charge in [0.2, 0.25) is 0 Å². The maximum Gasteiger partial charge on any atom is 0.253 e. The van der Waals surface area contributed by atoms with Gasteiger partial charge in [-0.2, -0.15) is 0 Å². The van der Waals surface area contributed by atoms with Gasteiger partial charge in [-0.05, 0) is 17.5 Å². The van der Waals surface area contributed by atoms with Crippen LogP contribution in [0.1, 0.15) is 11.1 Å². The summed E-state index contributed by atoms with van der Waals surface area (Å²) in [6, 6.07) is 20.6. The van der Waals surface area contributed by atoms with Gasteiger partial charge in [-0.15, -0.1) is 24.8 Å². The monoisotopic (exact) mass is 439 g/mol. The van der Waals surface area contributed by atoms with Crippen LogP contribution in [-0.4, -0.2) is 61.1 Å². The SMILES string of the molecule is Cl.Cl.NCCN(CCc1ccccc1)C(=O)C1CN(Cc2ccccc2)CCO1. The van der Waals surface area contributed by atoms with E-state index >= 15 is 0 Å². The van der Waals surface area contributed by atoms with Crippen molar-refractivity contribution in [2.45, 2.75) is 19.1 Å². The van der Waals surface area contributed by atoms with E-state index in [1.165, 1.54) is 11.1 Å². The second-order valence-corrected chi connectivity index (χ2v) is 6.93. The number of amides is 1. The van der Waals surface area contributed by atoms with Crippen molar-refractivity contribution in [1.82, 2.24) is 9.80 Å². The zero-order valence-corrected chi connectivity index (χ0v) is 18.2. The van der Waals surface area contributed by atoms with E-state index < -0.39 is 6.10 Å². The summed E-state index contributed by atoms with van der Waals surface area (Å²) in [6.45, 7) is 4.58. The van der Waals surface area contributed by atoms with Crippen molar-refractivity contribution in [1.29, 1.82) is 0 Å². The highest BCUT2D eigenvalue weighted by atomic mass is 35.5. The first-order valence-corrected chi connectivity index (χ1v) is 9.67. The molecule has 0 saturated carbocycles. The molecule has 1 atom stereocenters. The van der Waals surface area contributed by atoms with Crippen LogP contribution >= 0.6 is 24.8 Å². The van der Waals surface area contributed by atoms with Crippen molar-refractivity contribution in [3.63, 3.8) is 0 Å². The van der Waals surface area contributed by atoms with Crippen molar-refractivity contribution in [2.24, 2.45) is 5.73 Å². The third-order valence-electron chi connectivity index (χ3n) is 4.90. The van der Waals surface area contributed by atoms with Crippen molar-refractivity contribution in [3.05, 3.63) is 71.8 Å². The molecule has 2 aromatic carbocycles. The standard InChI is InChI=1S/C22H29N3O2.2ClH/c23-12-14-25(13-11-19-7-3-1-4-8-19)22(26)21-18-24(15-16-27-21)17-20-9-5-2-6-10-20;;/h1-10,21H,11-18,23H2;2*1H. The summed E-state index contributed by atoms with van der Waals surface area (Å²) in [7, 11) is 0. The van der Waals surface area contributed by atoms with E-state index in [2.05, 4.69) is 29.2 Å². The van der Waals surface area contributed by atoms with Crippen molar-refractivity contribution in [3.8, 4) is 0 Å². The average molecular weight is 440 g/mol. The minimum atomic E-state index is -0.412. The van der Waals surface area contributed by atoms with E-state index in [-0.39, 0.29) is 30.7 Å². The third kappa shape index (κ3) is 7.96. The molecule has 1 saturated heterocycles. The van der Waals surface area contributed by atoms with Gasteiger partial charge in [0.05, 0.1) is 6.61 Å². The Morgan fingerprint density at radius 3 is 2.24 bits per heavy atom. The molecule has 7 heteroatoms. The van der Waals surface area contributed by atoms with Crippen LogP contribution in [0.2, 0.25) is 0 Å². The summed E-state index contributed by atoms with van der Waals surface area (Å²) in [4.78, 5) is 17.2. The summed E-state index contributed by atoms with van der Waals surface area (Å²) >= 11 is 0. The maximum absolute atomic E-state index is 13.0. The molecule has 0 bridgehead atoms. The topological polar surface area (TPSA) is 58.8 Å². The number of ether oxygens (including phenoxy) is 1. The third-order valence-corrected chi connectivity index (χ3v) is 4.90. The van der Waals surface area contributed by atoms with Crippen LogP contribution in [-0.2, 0) is 22.5 Å². The van der Waals surface area contributed by atoms with Gasteiger partial charge in [0.1, 0.15) is 6.10 Å². The first-order valence-electron chi connectivity index (χ1n) is 9.67. The fourth-order valence-electron chi connectivity index (χ4n) is 3.44. The van der Waals surface area contributed by atoms with E-state index in [0.29, 0.717) is 32.8 Å². The first kappa shape index (κ1) is 25.4. The molecular formula is C22H31Cl2N3O2. The lowest BCUT2D eigenvalue weighted by atomic mass is 10.1. The molecule has 29 heavy (non-hydrogen) atoms. The number of nitrogens with zero attached hydrogens (tertiary/aromatic N) is 2. The lowest BCUT2D eigenvalue weighted by Gasteiger charge is -2.35. The van der Waals surface area contributed by atoms with Gasteiger partial charge in [0.15, 0.2) is 0 Å². The Hall–Kier alpha value is -1.63. The molecule has 160 valence electrons. The lowest BCUT2D eigenvalue weighted by Crippen LogP contribution is -2.52. The lowest BCUT2D eigenvalue weighted by molar-refractivity contribution is -0.149. The number of nitrogens with two attached hydrogens (primary N) is 1. The Labute approximate surface area is 186 Å². The fraction of sp³-hybridized carbons (Fsp3) is 0.409. The summed E-state index contributed by atoms with van der Waals surface area (Å²) in [6.07, 6.45) is 0.414. The molecule has 1 aliphatic rings. The number of hydrogen-bond donors (Lipinski definition) is 1. The first-order chi connectivity index (χ1) is 13.3.